The predicted octanol–water partition coefficient (Wildman–Crippen LogP) is 4.98. The number of hydrogen-bond donors (Lipinski definition) is 2. The molecule has 3 unspecified atom stereocenters. The van der Waals surface area contributed by atoms with E-state index in [0.29, 0.717) is 36.3 Å². The van der Waals surface area contributed by atoms with Crippen molar-refractivity contribution in [2.24, 2.45) is 10.7 Å². The van der Waals surface area contributed by atoms with Gasteiger partial charge in [0.25, 0.3) is 5.91 Å². The van der Waals surface area contributed by atoms with Gasteiger partial charge in [0.05, 0.1) is 31.3 Å². The van der Waals surface area contributed by atoms with Crippen LogP contribution in [-0.2, 0) is 11.3 Å². The Hall–Kier alpha value is -3.81. The minimum atomic E-state index is -0.196. The number of allylic oxidation sites excluding steroid dienone is 1. The van der Waals surface area contributed by atoms with Crippen molar-refractivity contribution >= 4 is 23.8 Å². The second kappa shape index (κ2) is 12.2. The van der Waals surface area contributed by atoms with Gasteiger partial charge in [0.2, 0.25) is 5.91 Å². The highest BCUT2D eigenvalue weighted by Crippen LogP contribution is 2.36. The van der Waals surface area contributed by atoms with Gasteiger partial charge in [-0.05, 0) is 62.6 Å². The molecular weight excluding hydrogens is 480 g/mol. The molecule has 3 atom stereocenters. The maximum Gasteiger partial charge on any atom is 0.251 e. The lowest BCUT2D eigenvalue weighted by Gasteiger charge is -2.31. The van der Waals surface area contributed by atoms with Gasteiger partial charge in [-0.1, -0.05) is 32.1 Å². The van der Waals surface area contributed by atoms with Gasteiger partial charge in [0.1, 0.15) is 11.5 Å². The maximum atomic E-state index is 13.4. The third kappa shape index (κ3) is 6.01. The molecule has 3 N–H and O–H groups in total. The van der Waals surface area contributed by atoms with Crippen LogP contribution in [-0.4, -0.2) is 41.4 Å². The molecule has 0 aliphatic carbocycles. The quantitative estimate of drug-likeness (QED) is 0.584. The van der Waals surface area contributed by atoms with Crippen LogP contribution in [0.2, 0.25) is 0 Å². The Morgan fingerprint density at radius 2 is 2.00 bits per heavy atom. The molecule has 4 aliphatic rings. The second-order valence-electron chi connectivity index (χ2n) is 9.55. The first-order valence-electron chi connectivity index (χ1n) is 13.6. The summed E-state index contributed by atoms with van der Waals surface area (Å²) in [6.07, 6.45) is 6.61. The Bertz CT molecular complexity index is 1240. The normalized spacial score (nSPS) is 23.5. The van der Waals surface area contributed by atoms with Gasteiger partial charge >= 0.3 is 0 Å². The van der Waals surface area contributed by atoms with E-state index in [0.717, 1.165) is 29.7 Å². The molecule has 8 heteroatoms. The number of fused-ring (bicyclic) bond motifs is 4. The van der Waals surface area contributed by atoms with Crippen molar-refractivity contribution in [3.8, 4) is 11.5 Å². The summed E-state index contributed by atoms with van der Waals surface area (Å²) in [5.74, 6) is 1.34. The van der Waals surface area contributed by atoms with Crippen LogP contribution in [0.1, 0.15) is 86.5 Å². The van der Waals surface area contributed by atoms with Crippen LogP contribution in [0, 0.1) is 0 Å². The second-order valence-corrected chi connectivity index (χ2v) is 9.55. The molecule has 4 heterocycles. The van der Waals surface area contributed by atoms with Gasteiger partial charge < -0.3 is 20.5 Å². The zero-order valence-corrected chi connectivity index (χ0v) is 22.7. The fourth-order valence-electron chi connectivity index (χ4n) is 5.05. The number of ether oxygens (including phenoxy) is 2. The number of carbonyl (C=O) groups is 2. The van der Waals surface area contributed by atoms with Crippen LogP contribution in [0.25, 0.3) is 6.08 Å². The predicted molar refractivity (Wildman–Crippen MR) is 149 cm³/mol. The van der Waals surface area contributed by atoms with Crippen molar-refractivity contribution in [1.82, 2.24) is 10.2 Å². The Labute approximate surface area is 224 Å². The Balaban J connectivity index is 0.00000164. The molecule has 38 heavy (non-hydrogen) atoms. The molecule has 0 radical (unpaired) electrons. The minimum Gasteiger partial charge on any atom is -0.494 e. The molecule has 4 aliphatic heterocycles. The fraction of sp³-hybridized carbons (Fsp3) is 0.433. The molecule has 6 bridgehead atoms. The van der Waals surface area contributed by atoms with E-state index in [1.165, 1.54) is 4.90 Å². The number of nitrogens with two attached hydrogens (primary N) is 1. The Morgan fingerprint density at radius 3 is 2.76 bits per heavy atom. The highest BCUT2D eigenvalue weighted by molar-refractivity contribution is 5.99. The van der Waals surface area contributed by atoms with Crippen LogP contribution < -0.4 is 20.5 Å². The van der Waals surface area contributed by atoms with Gasteiger partial charge in [-0.3, -0.25) is 14.5 Å². The average molecular weight is 519 g/mol. The number of nitrogens with one attached hydrogen (secondary N) is 1. The number of nitrogens with zero attached hydrogens (tertiary/aromatic N) is 2. The number of aliphatic imine (C=N–C) groups is 1. The summed E-state index contributed by atoms with van der Waals surface area (Å²) < 4.78 is 11.8. The first kappa shape index (κ1) is 27.2. The van der Waals surface area contributed by atoms with Crippen molar-refractivity contribution in [2.45, 2.75) is 78.1 Å². The Morgan fingerprint density at radius 1 is 1.18 bits per heavy atom. The topological polar surface area (TPSA) is 106 Å². The summed E-state index contributed by atoms with van der Waals surface area (Å²) >= 11 is 0. The smallest absolute Gasteiger partial charge is 0.251 e. The number of amides is 2. The van der Waals surface area contributed by atoms with Crippen molar-refractivity contribution in [3.05, 3.63) is 64.7 Å². The van der Waals surface area contributed by atoms with E-state index in [-0.39, 0.29) is 42.5 Å². The molecule has 202 valence electrons. The van der Waals surface area contributed by atoms with E-state index in [4.69, 9.17) is 15.2 Å². The van der Waals surface area contributed by atoms with E-state index < -0.39 is 0 Å². The molecular formula is C30H38N4O4. The maximum absolute atomic E-state index is 13.4. The van der Waals surface area contributed by atoms with Crippen LogP contribution in [0.4, 0.5) is 0 Å². The first-order valence-corrected chi connectivity index (χ1v) is 13.6. The Kier molecular flexibility index (Phi) is 8.71. The molecule has 0 aromatic heterocycles. The van der Waals surface area contributed by atoms with Gasteiger partial charge in [0.15, 0.2) is 5.96 Å². The summed E-state index contributed by atoms with van der Waals surface area (Å²) in [5, 5.41) is 3.20. The summed E-state index contributed by atoms with van der Waals surface area (Å²) in [7, 11) is 0. The molecule has 8 nitrogen and oxygen atoms in total. The monoisotopic (exact) mass is 518 g/mol. The van der Waals surface area contributed by atoms with Crippen LogP contribution in [0.5, 0.6) is 11.5 Å². The summed E-state index contributed by atoms with van der Waals surface area (Å²) in [6, 6.07) is 11.0. The van der Waals surface area contributed by atoms with E-state index in [2.05, 4.69) is 28.5 Å². The van der Waals surface area contributed by atoms with E-state index in [9.17, 15) is 9.59 Å². The number of carbonyl (C=O) groups excluding carboxylic acids is 2. The van der Waals surface area contributed by atoms with Gasteiger partial charge in [0, 0.05) is 29.5 Å². The number of hydrogen-bond acceptors (Lipinski definition) is 6. The molecule has 0 saturated carbocycles. The average Bonchev–Trinajstić information content (AvgIpc) is 2.90. The lowest BCUT2D eigenvalue weighted by Crippen LogP contribution is -2.46. The third-order valence-corrected chi connectivity index (χ3v) is 6.84. The zero-order chi connectivity index (χ0) is 27.2. The lowest BCUT2D eigenvalue weighted by atomic mass is 9.94. The van der Waals surface area contributed by atoms with Crippen molar-refractivity contribution in [2.75, 3.05) is 6.61 Å². The SMILES string of the molecule is CC.CCOc1ccc2cc1CN1C(=O)CC(CC/C=C\c3ccc4c(c3)C(CC(C)O4)NC2=O)N=C1N. The van der Waals surface area contributed by atoms with Gasteiger partial charge in [-0.2, -0.15) is 0 Å². The molecule has 2 amide bonds. The number of benzene rings is 2. The summed E-state index contributed by atoms with van der Waals surface area (Å²) in [5.41, 5.74) is 9.44. The van der Waals surface area contributed by atoms with Crippen LogP contribution in [0.15, 0.2) is 47.5 Å². The highest BCUT2D eigenvalue weighted by atomic mass is 16.5. The van der Waals surface area contributed by atoms with Crippen molar-refractivity contribution < 1.29 is 19.1 Å². The van der Waals surface area contributed by atoms with E-state index in [1.54, 1.807) is 18.2 Å². The number of guanidine groups is 1. The van der Waals surface area contributed by atoms with Gasteiger partial charge in [-0.25, -0.2) is 4.99 Å². The molecule has 0 saturated heterocycles. The standard InChI is InChI=1S/C28H32N4O4.C2H6/c1-3-35-24-11-9-19-14-20(24)16-32-26(33)15-21(30-28(32)29)7-5-4-6-18-8-10-25-22(13-18)23(31-27(19)34)12-17(2)36-25;1-2/h4,6,8-11,13-14,17,21,23H,3,5,7,12,15-16H2,1-2H3,(H2,29,30)(H,31,34);1-2H3/b6-4-;. The van der Waals surface area contributed by atoms with E-state index in [1.807, 2.05) is 39.8 Å². The highest BCUT2D eigenvalue weighted by Gasteiger charge is 2.30. The van der Waals surface area contributed by atoms with Gasteiger partial charge in [-0.15, -0.1) is 0 Å². The molecule has 2 aromatic rings. The lowest BCUT2D eigenvalue weighted by molar-refractivity contribution is -0.128. The summed E-state index contributed by atoms with van der Waals surface area (Å²) in [6.45, 7) is 8.56. The molecule has 6 rings (SSSR count). The van der Waals surface area contributed by atoms with Crippen molar-refractivity contribution in [1.29, 1.82) is 0 Å². The van der Waals surface area contributed by atoms with Crippen molar-refractivity contribution in [3.63, 3.8) is 0 Å². The minimum absolute atomic E-state index is 0.0189. The first-order chi connectivity index (χ1) is 18.4. The molecule has 0 spiro atoms. The van der Waals surface area contributed by atoms with Crippen LogP contribution >= 0.6 is 0 Å². The number of rotatable bonds is 2. The van der Waals surface area contributed by atoms with Crippen LogP contribution in [0.3, 0.4) is 0 Å². The third-order valence-electron chi connectivity index (χ3n) is 6.84. The molecule has 0 fully saturated rings. The molecule has 2 aromatic carbocycles. The summed E-state index contributed by atoms with van der Waals surface area (Å²) in [4.78, 5) is 32.5. The zero-order valence-electron chi connectivity index (χ0n) is 22.7. The fourth-order valence-corrected chi connectivity index (χ4v) is 5.05. The largest absolute Gasteiger partial charge is 0.494 e. The van der Waals surface area contributed by atoms with E-state index >= 15 is 0 Å².